The number of unbranched alkanes of at least 4 members (excludes halogenated alkanes) is 5. The van der Waals surface area contributed by atoms with Crippen molar-refractivity contribution in [2.45, 2.75) is 51.4 Å². The molecule has 0 atom stereocenters. The molecule has 128 valence electrons. The molecule has 4 heteroatoms. The van der Waals surface area contributed by atoms with Crippen molar-refractivity contribution in [2.75, 3.05) is 0 Å². The minimum atomic E-state index is 0.441. The van der Waals surface area contributed by atoms with E-state index in [1.54, 1.807) is 12.1 Å². The van der Waals surface area contributed by atoms with Crippen LogP contribution < -0.4 is 9.78 Å². The van der Waals surface area contributed by atoms with Crippen molar-refractivity contribution in [3.05, 3.63) is 59.7 Å². The summed E-state index contributed by atoms with van der Waals surface area (Å²) in [6.07, 6.45) is 8.54. The molecule has 0 heterocycles. The Morgan fingerprint density at radius 1 is 0.542 bits per heavy atom. The Bertz CT molecular complexity index is 544. The number of para-hydroxylation sites is 2. The lowest BCUT2D eigenvalue weighted by Gasteiger charge is -2.06. The smallest absolute Gasteiger partial charge is 0.172 e. The van der Waals surface area contributed by atoms with E-state index in [2.05, 4.69) is 9.78 Å². The van der Waals surface area contributed by atoms with Gasteiger partial charge in [0.2, 0.25) is 0 Å². The highest BCUT2D eigenvalue weighted by Crippen LogP contribution is 2.21. The molecule has 2 aromatic rings. The molecule has 24 heavy (non-hydrogen) atoms. The fraction of sp³-hybridized carbons (Fsp3) is 0.400. The van der Waals surface area contributed by atoms with E-state index >= 15 is 0 Å². The lowest BCUT2D eigenvalue weighted by molar-refractivity contribution is -0.209. The molecule has 0 aromatic heterocycles. The largest absolute Gasteiger partial charge is 0.305 e. The second-order valence-corrected chi connectivity index (χ2v) is 6.00. The lowest BCUT2D eigenvalue weighted by atomic mass is 10.0. The third-order valence-electron chi connectivity index (χ3n) is 4.27. The van der Waals surface area contributed by atoms with E-state index in [1.807, 2.05) is 36.4 Å². The summed E-state index contributed by atoms with van der Waals surface area (Å²) in [5.74, 6) is 0.883. The molecule has 0 unspecified atom stereocenters. The second kappa shape index (κ2) is 10.7. The monoisotopic (exact) mass is 328 g/mol. The van der Waals surface area contributed by atoms with Crippen molar-refractivity contribution in [3.63, 3.8) is 0 Å². The molecule has 4 nitrogen and oxygen atoms in total. The molecule has 2 rings (SSSR count). The van der Waals surface area contributed by atoms with Crippen LogP contribution in [0, 0.1) is 0 Å². The Balaban J connectivity index is 1.56. The zero-order chi connectivity index (χ0) is 17.0. The third-order valence-corrected chi connectivity index (χ3v) is 4.27. The Hall–Kier alpha value is -2.04. The van der Waals surface area contributed by atoms with Gasteiger partial charge in [-0.3, -0.25) is 0 Å². The maximum Gasteiger partial charge on any atom is 0.172 e. The van der Waals surface area contributed by atoms with Gasteiger partial charge < -0.3 is 9.78 Å². The summed E-state index contributed by atoms with van der Waals surface area (Å²) in [4.78, 5) is 8.27. The second-order valence-electron chi connectivity index (χ2n) is 6.00. The van der Waals surface area contributed by atoms with E-state index in [0.717, 1.165) is 49.7 Å². The topological polar surface area (TPSA) is 58.3 Å². The van der Waals surface area contributed by atoms with Crippen LogP contribution in [0.25, 0.3) is 0 Å². The van der Waals surface area contributed by atoms with Gasteiger partial charge in [0.1, 0.15) is 0 Å². The van der Waals surface area contributed by atoms with Crippen LogP contribution in [0.3, 0.4) is 0 Å². The number of benzene rings is 2. The molecule has 0 saturated heterocycles. The Morgan fingerprint density at radius 2 is 0.917 bits per heavy atom. The van der Waals surface area contributed by atoms with Crippen molar-refractivity contribution >= 4 is 0 Å². The fourth-order valence-electron chi connectivity index (χ4n) is 2.92. The maximum atomic E-state index is 10.6. The minimum Gasteiger partial charge on any atom is -0.305 e. The van der Waals surface area contributed by atoms with E-state index in [1.165, 1.54) is 12.8 Å². The Morgan fingerprint density at radius 3 is 1.33 bits per heavy atom. The summed E-state index contributed by atoms with van der Waals surface area (Å²) in [5.41, 5.74) is 1.98. The van der Waals surface area contributed by atoms with Crippen LogP contribution in [0.15, 0.2) is 48.5 Å². The van der Waals surface area contributed by atoms with Crippen LogP contribution in [0.5, 0.6) is 11.5 Å². The molecule has 0 fully saturated rings. The van der Waals surface area contributed by atoms with Gasteiger partial charge in [0.05, 0.1) is 0 Å². The summed E-state index contributed by atoms with van der Waals surface area (Å²) in [5, 5.41) is 21.2. The van der Waals surface area contributed by atoms with E-state index in [-0.39, 0.29) is 0 Å². The van der Waals surface area contributed by atoms with E-state index in [0.29, 0.717) is 11.5 Å². The van der Waals surface area contributed by atoms with Crippen LogP contribution in [0.2, 0.25) is 0 Å². The zero-order valence-corrected chi connectivity index (χ0v) is 13.9. The maximum absolute atomic E-state index is 10.6. The van der Waals surface area contributed by atoms with Crippen LogP contribution in [0.4, 0.5) is 0 Å². The van der Waals surface area contributed by atoms with Gasteiger partial charge in [0, 0.05) is 10.5 Å². The number of aryl methyl sites for hydroxylation is 2. The molecule has 0 N–H and O–H groups in total. The highest BCUT2D eigenvalue weighted by atomic mass is 17.1. The molecule has 0 aliphatic heterocycles. The van der Waals surface area contributed by atoms with Crippen LogP contribution in [-0.2, 0) is 23.4 Å². The van der Waals surface area contributed by atoms with Crippen molar-refractivity contribution in [1.82, 2.24) is 0 Å². The summed E-state index contributed by atoms with van der Waals surface area (Å²) in [6.45, 7) is 0. The van der Waals surface area contributed by atoms with Crippen LogP contribution >= 0.6 is 0 Å². The quantitative estimate of drug-likeness (QED) is 0.321. The highest BCUT2D eigenvalue weighted by Gasteiger charge is 2.04. The molecular formula is C20H24O4. The molecule has 0 aliphatic rings. The first-order valence-corrected chi connectivity index (χ1v) is 8.60. The molecule has 0 bridgehead atoms. The van der Waals surface area contributed by atoms with Crippen molar-refractivity contribution in [1.29, 1.82) is 0 Å². The lowest BCUT2D eigenvalue weighted by Crippen LogP contribution is -1.93. The van der Waals surface area contributed by atoms with Crippen LogP contribution in [0.1, 0.15) is 49.7 Å². The summed E-state index contributed by atoms with van der Waals surface area (Å²) < 4.78 is 0. The fourth-order valence-corrected chi connectivity index (χ4v) is 2.92. The minimum absolute atomic E-state index is 0.441. The SMILES string of the molecule is [O]Oc1ccccc1CCCCCCCCc1ccccc1O[O]. The van der Waals surface area contributed by atoms with Gasteiger partial charge in [-0.05, 0) is 48.9 Å². The standard InChI is InChI=1S/C20H24O4/c21-23-19-15-9-7-13-17(19)11-5-3-1-2-4-6-12-18-14-8-10-16-20(18)24-22/h7-10,13-16H,1-6,11-12H2. The number of hydrogen-bond acceptors (Lipinski definition) is 2. The van der Waals surface area contributed by atoms with Crippen LogP contribution in [-0.4, -0.2) is 0 Å². The van der Waals surface area contributed by atoms with Gasteiger partial charge >= 0.3 is 0 Å². The van der Waals surface area contributed by atoms with Gasteiger partial charge in [-0.2, -0.15) is 0 Å². The van der Waals surface area contributed by atoms with Crippen molar-refractivity contribution < 1.29 is 20.3 Å². The number of rotatable bonds is 11. The molecule has 2 radical (unpaired) electrons. The third kappa shape index (κ3) is 5.87. The van der Waals surface area contributed by atoms with E-state index < -0.39 is 0 Å². The van der Waals surface area contributed by atoms with Crippen molar-refractivity contribution in [2.24, 2.45) is 0 Å². The highest BCUT2D eigenvalue weighted by molar-refractivity contribution is 5.33. The van der Waals surface area contributed by atoms with E-state index in [9.17, 15) is 10.5 Å². The molecule has 0 spiro atoms. The van der Waals surface area contributed by atoms with Crippen molar-refractivity contribution in [3.8, 4) is 11.5 Å². The predicted molar refractivity (Wildman–Crippen MR) is 90.6 cm³/mol. The molecule has 2 aromatic carbocycles. The predicted octanol–water partition coefficient (Wildman–Crippen LogP) is 5.26. The Kier molecular flexibility index (Phi) is 8.15. The van der Waals surface area contributed by atoms with Gasteiger partial charge in [0.15, 0.2) is 11.5 Å². The molecule has 0 amide bonds. The number of hydrogen-bond donors (Lipinski definition) is 0. The first kappa shape index (κ1) is 18.3. The summed E-state index contributed by atoms with van der Waals surface area (Å²) in [6, 6.07) is 14.8. The first-order chi connectivity index (χ1) is 11.8. The van der Waals surface area contributed by atoms with Gasteiger partial charge in [-0.15, -0.1) is 0 Å². The normalized spacial score (nSPS) is 10.6. The summed E-state index contributed by atoms with van der Waals surface area (Å²) in [7, 11) is 0. The summed E-state index contributed by atoms with van der Waals surface area (Å²) >= 11 is 0. The van der Waals surface area contributed by atoms with Gasteiger partial charge in [0.25, 0.3) is 0 Å². The Labute approximate surface area is 143 Å². The van der Waals surface area contributed by atoms with Gasteiger partial charge in [-0.1, -0.05) is 62.1 Å². The average molecular weight is 328 g/mol. The zero-order valence-electron chi connectivity index (χ0n) is 13.9. The van der Waals surface area contributed by atoms with Gasteiger partial charge in [-0.25, -0.2) is 0 Å². The molecule has 0 saturated carbocycles. The molecular weight excluding hydrogens is 304 g/mol. The average Bonchev–Trinajstić information content (AvgIpc) is 2.64. The molecule has 0 aliphatic carbocycles. The first-order valence-electron chi connectivity index (χ1n) is 8.60. The van der Waals surface area contributed by atoms with E-state index in [4.69, 9.17) is 0 Å².